The van der Waals surface area contributed by atoms with E-state index >= 15 is 0 Å². The summed E-state index contributed by atoms with van der Waals surface area (Å²) in [7, 11) is 0. The van der Waals surface area contributed by atoms with Gasteiger partial charge in [0.05, 0.1) is 0 Å². The fourth-order valence-corrected chi connectivity index (χ4v) is 3.34. The molecule has 0 saturated heterocycles. The van der Waals surface area contributed by atoms with E-state index < -0.39 is 0 Å². The lowest BCUT2D eigenvalue weighted by Gasteiger charge is -2.33. The summed E-state index contributed by atoms with van der Waals surface area (Å²) in [6, 6.07) is 16.3. The van der Waals surface area contributed by atoms with Crippen LogP contribution in [0.15, 0.2) is 42.5 Å². The van der Waals surface area contributed by atoms with Gasteiger partial charge < -0.3 is 5.73 Å². The third-order valence-corrected chi connectivity index (χ3v) is 4.40. The highest BCUT2D eigenvalue weighted by Crippen LogP contribution is 2.36. The summed E-state index contributed by atoms with van der Waals surface area (Å²) in [4.78, 5) is 2.65. The Kier molecular flexibility index (Phi) is 4.27. The minimum absolute atomic E-state index is 0.339. The average Bonchev–Trinajstić information content (AvgIpc) is 3.31. The molecule has 21 heavy (non-hydrogen) atoms. The third kappa shape index (κ3) is 3.12. The number of nitrogens with zero attached hydrogens (tertiary/aromatic N) is 1. The van der Waals surface area contributed by atoms with Crippen molar-refractivity contribution >= 4 is 10.8 Å². The first-order valence-corrected chi connectivity index (χ1v) is 8.14. The van der Waals surface area contributed by atoms with E-state index in [-0.39, 0.29) is 0 Å². The van der Waals surface area contributed by atoms with E-state index in [0.29, 0.717) is 18.5 Å². The Balaban J connectivity index is 2.00. The van der Waals surface area contributed by atoms with E-state index in [4.69, 9.17) is 5.73 Å². The van der Waals surface area contributed by atoms with E-state index in [1.54, 1.807) is 0 Å². The zero-order valence-electron chi connectivity index (χ0n) is 13.1. The van der Waals surface area contributed by atoms with Gasteiger partial charge >= 0.3 is 0 Å². The van der Waals surface area contributed by atoms with Crippen LogP contribution in [0.2, 0.25) is 0 Å². The molecule has 2 aromatic rings. The highest BCUT2D eigenvalue weighted by Gasteiger charge is 2.34. The zero-order valence-corrected chi connectivity index (χ0v) is 13.1. The second kappa shape index (κ2) is 6.17. The molecule has 2 N–H and O–H groups in total. The molecule has 112 valence electrons. The molecule has 0 spiro atoms. The van der Waals surface area contributed by atoms with E-state index in [1.165, 1.54) is 29.2 Å². The first kappa shape index (κ1) is 14.6. The molecule has 1 aliphatic carbocycles. The van der Waals surface area contributed by atoms with Crippen molar-refractivity contribution in [2.24, 2.45) is 11.7 Å². The average molecular weight is 282 g/mol. The Bertz CT molecular complexity index is 596. The Morgan fingerprint density at radius 2 is 1.81 bits per heavy atom. The Morgan fingerprint density at radius 3 is 2.48 bits per heavy atom. The zero-order chi connectivity index (χ0) is 14.8. The summed E-state index contributed by atoms with van der Waals surface area (Å²) in [6.45, 7) is 6.42. The molecule has 2 heteroatoms. The first-order valence-electron chi connectivity index (χ1n) is 8.14. The number of benzene rings is 2. The van der Waals surface area contributed by atoms with Crippen LogP contribution in [0, 0.1) is 5.92 Å². The topological polar surface area (TPSA) is 29.3 Å². The van der Waals surface area contributed by atoms with Crippen molar-refractivity contribution in [2.45, 2.75) is 38.8 Å². The number of rotatable bonds is 6. The van der Waals surface area contributed by atoms with Gasteiger partial charge in [-0.15, -0.1) is 0 Å². The monoisotopic (exact) mass is 282 g/mol. The van der Waals surface area contributed by atoms with Crippen molar-refractivity contribution in [3.63, 3.8) is 0 Å². The maximum atomic E-state index is 6.20. The maximum absolute atomic E-state index is 6.20. The van der Waals surface area contributed by atoms with Gasteiger partial charge in [0.2, 0.25) is 0 Å². The SMILES string of the molecule is CC(C)CN(C1CC1)C(CN)c1cccc2ccccc12. The first-order chi connectivity index (χ1) is 10.2. The van der Waals surface area contributed by atoms with Crippen molar-refractivity contribution in [1.29, 1.82) is 0 Å². The number of hydrogen-bond donors (Lipinski definition) is 1. The van der Waals surface area contributed by atoms with Crippen LogP contribution < -0.4 is 5.73 Å². The molecule has 1 fully saturated rings. The van der Waals surface area contributed by atoms with Crippen LogP contribution in [0.5, 0.6) is 0 Å². The van der Waals surface area contributed by atoms with Gasteiger partial charge in [-0.3, -0.25) is 4.90 Å². The van der Waals surface area contributed by atoms with Gasteiger partial charge in [0.15, 0.2) is 0 Å². The molecule has 2 nitrogen and oxygen atoms in total. The summed E-state index contributed by atoms with van der Waals surface area (Å²) in [5, 5.41) is 2.67. The second-order valence-corrected chi connectivity index (χ2v) is 6.64. The molecule has 3 rings (SSSR count). The summed E-state index contributed by atoms with van der Waals surface area (Å²) < 4.78 is 0. The molecule has 0 bridgehead atoms. The molecule has 1 aliphatic rings. The lowest BCUT2D eigenvalue weighted by atomic mass is 9.96. The smallest absolute Gasteiger partial charge is 0.0479 e. The molecule has 2 aromatic carbocycles. The van der Waals surface area contributed by atoms with E-state index in [0.717, 1.165) is 12.6 Å². The minimum Gasteiger partial charge on any atom is -0.329 e. The molecule has 0 heterocycles. The van der Waals surface area contributed by atoms with Gasteiger partial charge in [0.1, 0.15) is 0 Å². The molecule has 1 saturated carbocycles. The highest BCUT2D eigenvalue weighted by atomic mass is 15.2. The molecular formula is C19H26N2. The molecule has 0 aromatic heterocycles. The van der Waals surface area contributed by atoms with Crippen LogP contribution in [-0.4, -0.2) is 24.0 Å². The minimum atomic E-state index is 0.339. The number of nitrogens with two attached hydrogens (primary N) is 1. The number of fused-ring (bicyclic) bond motifs is 1. The lowest BCUT2D eigenvalue weighted by molar-refractivity contribution is 0.170. The van der Waals surface area contributed by atoms with Gasteiger partial charge in [-0.25, -0.2) is 0 Å². The predicted molar refractivity (Wildman–Crippen MR) is 90.3 cm³/mol. The number of hydrogen-bond acceptors (Lipinski definition) is 2. The van der Waals surface area contributed by atoms with Gasteiger partial charge in [-0.1, -0.05) is 56.3 Å². The summed E-state index contributed by atoms with van der Waals surface area (Å²) in [5.41, 5.74) is 7.59. The largest absolute Gasteiger partial charge is 0.329 e. The van der Waals surface area contributed by atoms with Gasteiger partial charge in [-0.05, 0) is 35.1 Å². The third-order valence-electron chi connectivity index (χ3n) is 4.40. The fourth-order valence-electron chi connectivity index (χ4n) is 3.34. The van der Waals surface area contributed by atoms with Crippen LogP contribution in [0.1, 0.15) is 38.3 Å². The predicted octanol–water partition coefficient (Wildman–Crippen LogP) is 3.96. The van der Waals surface area contributed by atoms with Gasteiger partial charge in [0, 0.05) is 25.2 Å². The standard InChI is InChI=1S/C19H26N2/c1-14(2)13-21(16-10-11-16)19(12-20)18-9-5-7-15-6-3-4-8-17(15)18/h3-9,14,16,19H,10-13,20H2,1-2H3. The Hall–Kier alpha value is -1.38. The normalized spacial score (nSPS) is 16.8. The van der Waals surface area contributed by atoms with Crippen molar-refractivity contribution in [2.75, 3.05) is 13.1 Å². The molecular weight excluding hydrogens is 256 g/mol. The molecule has 0 aliphatic heterocycles. The van der Waals surface area contributed by atoms with Gasteiger partial charge in [-0.2, -0.15) is 0 Å². The highest BCUT2D eigenvalue weighted by molar-refractivity contribution is 5.86. The quantitative estimate of drug-likeness (QED) is 0.869. The van der Waals surface area contributed by atoms with Crippen LogP contribution in [0.25, 0.3) is 10.8 Å². The van der Waals surface area contributed by atoms with Crippen LogP contribution >= 0.6 is 0 Å². The van der Waals surface area contributed by atoms with E-state index in [2.05, 4.69) is 61.2 Å². The van der Waals surface area contributed by atoms with E-state index in [1.807, 2.05) is 0 Å². The fraction of sp³-hybridized carbons (Fsp3) is 0.474. The van der Waals surface area contributed by atoms with Gasteiger partial charge in [0.25, 0.3) is 0 Å². The lowest BCUT2D eigenvalue weighted by Crippen LogP contribution is -2.38. The summed E-state index contributed by atoms with van der Waals surface area (Å²) in [6.07, 6.45) is 2.65. The second-order valence-electron chi connectivity index (χ2n) is 6.64. The molecule has 1 atom stereocenters. The molecule has 1 unspecified atom stereocenters. The van der Waals surface area contributed by atoms with E-state index in [9.17, 15) is 0 Å². The van der Waals surface area contributed by atoms with Crippen LogP contribution in [-0.2, 0) is 0 Å². The molecule has 0 amide bonds. The molecule has 0 radical (unpaired) electrons. The maximum Gasteiger partial charge on any atom is 0.0479 e. The summed E-state index contributed by atoms with van der Waals surface area (Å²) in [5.74, 6) is 0.676. The van der Waals surface area contributed by atoms with Crippen LogP contribution in [0.4, 0.5) is 0 Å². The Labute approximate surface area is 127 Å². The van der Waals surface area contributed by atoms with Crippen molar-refractivity contribution in [1.82, 2.24) is 4.90 Å². The van der Waals surface area contributed by atoms with Crippen LogP contribution in [0.3, 0.4) is 0 Å². The van der Waals surface area contributed by atoms with Crippen molar-refractivity contribution < 1.29 is 0 Å². The Morgan fingerprint density at radius 1 is 1.10 bits per heavy atom. The van der Waals surface area contributed by atoms with Crippen molar-refractivity contribution in [3.05, 3.63) is 48.0 Å². The summed E-state index contributed by atoms with van der Waals surface area (Å²) >= 11 is 0. The van der Waals surface area contributed by atoms with Crippen molar-refractivity contribution in [3.8, 4) is 0 Å².